The summed E-state index contributed by atoms with van der Waals surface area (Å²) in [5, 5.41) is 10.2. The second-order valence-electron chi connectivity index (χ2n) is 6.65. The Bertz CT molecular complexity index is 1220. The van der Waals surface area contributed by atoms with Gasteiger partial charge in [-0.3, -0.25) is 4.79 Å². The Labute approximate surface area is 166 Å². The van der Waals surface area contributed by atoms with Gasteiger partial charge in [0.05, 0.1) is 12.8 Å². The molecule has 0 aliphatic carbocycles. The highest BCUT2D eigenvalue weighted by atomic mass is 16.3. The lowest BCUT2D eigenvalue weighted by atomic mass is 10.2. The normalized spacial score (nSPS) is 11.0. The van der Waals surface area contributed by atoms with E-state index in [9.17, 15) is 9.59 Å². The van der Waals surface area contributed by atoms with E-state index in [1.165, 1.54) is 10.7 Å². The number of furan rings is 1. The van der Waals surface area contributed by atoms with E-state index in [1.807, 2.05) is 38.1 Å². The minimum absolute atomic E-state index is 0.204. The minimum atomic E-state index is -0.447. The van der Waals surface area contributed by atoms with Gasteiger partial charge in [-0.15, -0.1) is 5.10 Å². The van der Waals surface area contributed by atoms with Crippen LogP contribution in [0.5, 0.6) is 0 Å². The van der Waals surface area contributed by atoms with Crippen LogP contribution in [0.1, 0.15) is 17.0 Å². The van der Waals surface area contributed by atoms with Gasteiger partial charge in [0.2, 0.25) is 11.9 Å². The summed E-state index contributed by atoms with van der Waals surface area (Å²) in [6, 6.07) is 12.9. The Morgan fingerprint density at radius 3 is 2.76 bits per heavy atom. The molecule has 0 aliphatic heterocycles. The zero-order valence-corrected chi connectivity index (χ0v) is 16.0. The molecule has 3 heterocycles. The van der Waals surface area contributed by atoms with Gasteiger partial charge in [0.15, 0.2) is 5.65 Å². The second-order valence-corrected chi connectivity index (χ2v) is 6.65. The Kier molecular flexibility index (Phi) is 4.86. The first-order valence-electron chi connectivity index (χ1n) is 9.10. The molecule has 0 saturated heterocycles. The fourth-order valence-corrected chi connectivity index (χ4v) is 2.96. The number of aryl methyl sites for hydroxylation is 2. The van der Waals surface area contributed by atoms with Crippen LogP contribution >= 0.6 is 0 Å². The highest BCUT2D eigenvalue weighted by molar-refractivity contribution is 5.75. The topological polar surface area (TPSA) is 106 Å². The van der Waals surface area contributed by atoms with E-state index in [4.69, 9.17) is 4.42 Å². The van der Waals surface area contributed by atoms with E-state index >= 15 is 0 Å². The van der Waals surface area contributed by atoms with Gasteiger partial charge in [0, 0.05) is 17.4 Å². The molecule has 4 rings (SSSR count). The molecule has 0 spiro atoms. The van der Waals surface area contributed by atoms with Crippen LogP contribution in [0.4, 0.5) is 11.6 Å². The molecule has 0 fully saturated rings. The summed E-state index contributed by atoms with van der Waals surface area (Å²) in [4.78, 5) is 29.6. The van der Waals surface area contributed by atoms with Gasteiger partial charge in [0.25, 0.3) is 0 Å². The van der Waals surface area contributed by atoms with E-state index in [2.05, 4.69) is 20.7 Å². The van der Waals surface area contributed by atoms with Gasteiger partial charge in [0.1, 0.15) is 12.3 Å². The molecule has 9 nitrogen and oxygen atoms in total. The Balaban J connectivity index is 1.62. The van der Waals surface area contributed by atoms with E-state index in [-0.39, 0.29) is 19.0 Å². The Hall–Kier alpha value is -3.88. The maximum Gasteiger partial charge on any atom is 0.353 e. The number of para-hydroxylation sites is 1. The average molecular weight is 392 g/mol. The van der Waals surface area contributed by atoms with Crippen molar-refractivity contribution in [1.82, 2.24) is 24.5 Å². The van der Waals surface area contributed by atoms with Crippen LogP contribution in [0.3, 0.4) is 0 Å². The molecule has 0 radical (unpaired) electrons. The summed E-state index contributed by atoms with van der Waals surface area (Å²) in [5.74, 6) is 0.636. The molecule has 0 saturated carbocycles. The molecule has 0 atom stereocenters. The molecule has 148 valence electrons. The number of nitrogens with one attached hydrogen (secondary N) is 2. The minimum Gasteiger partial charge on any atom is -0.467 e. The number of benzene rings is 1. The SMILES string of the molecule is Cc1cc2nn(CC(=O)NCc3ccco3)c(=O)n2c(Nc2ccccc2C)n1. The molecular formula is C20H20N6O3. The van der Waals surface area contributed by atoms with E-state index < -0.39 is 5.69 Å². The van der Waals surface area contributed by atoms with Crippen LogP contribution in [-0.2, 0) is 17.9 Å². The molecule has 4 aromatic rings. The molecule has 3 aromatic heterocycles. The Morgan fingerprint density at radius 2 is 2.00 bits per heavy atom. The van der Waals surface area contributed by atoms with Crippen molar-refractivity contribution in [2.75, 3.05) is 5.32 Å². The van der Waals surface area contributed by atoms with Gasteiger partial charge in [-0.25, -0.2) is 18.9 Å². The first-order valence-corrected chi connectivity index (χ1v) is 9.10. The van der Waals surface area contributed by atoms with Crippen molar-refractivity contribution in [3.8, 4) is 0 Å². The number of aromatic nitrogens is 4. The first-order chi connectivity index (χ1) is 14.0. The lowest BCUT2D eigenvalue weighted by molar-refractivity contribution is -0.122. The lowest BCUT2D eigenvalue weighted by Crippen LogP contribution is -2.32. The number of anilines is 2. The standard InChI is InChI=1S/C20H20N6O3/c1-13-6-3-4-8-16(13)23-19-22-14(2)10-17-24-25(20(28)26(17)19)12-18(27)21-11-15-7-5-9-29-15/h3-10H,11-12H2,1-2H3,(H,21,27)(H,22,23). The summed E-state index contributed by atoms with van der Waals surface area (Å²) in [6.07, 6.45) is 1.53. The van der Waals surface area contributed by atoms with E-state index in [1.54, 1.807) is 18.2 Å². The number of rotatable bonds is 6. The van der Waals surface area contributed by atoms with Crippen LogP contribution < -0.4 is 16.3 Å². The Morgan fingerprint density at radius 1 is 1.17 bits per heavy atom. The quantitative estimate of drug-likeness (QED) is 0.521. The number of nitrogens with zero attached hydrogens (tertiary/aromatic N) is 4. The number of hydrogen-bond donors (Lipinski definition) is 2. The molecule has 1 amide bonds. The summed E-state index contributed by atoms with van der Waals surface area (Å²) < 4.78 is 7.66. The number of hydrogen-bond acceptors (Lipinski definition) is 6. The summed E-state index contributed by atoms with van der Waals surface area (Å²) in [5.41, 5.74) is 2.52. The highest BCUT2D eigenvalue weighted by Crippen LogP contribution is 2.19. The molecule has 0 bridgehead atoms. The predicted octanol–water partition coefficient (Wildman–Crippen LogP) is 2.16. The van der Waals surface area contributed by atoms with Crippen LogP contribution in [0.25, 0.3) is 5.65 Å². The van der Waals surface area contributed by atoms with Crippen molar-refractivity contribution in [1.29, 1.82) is 0 Å². The second kappa shape index (κ2) is 7.63. The smallest absolute Gasteiger partial charge is 0.353 e. The van der Waals surface area contributed by atoms with Gasteiger partial charge in [-0.2, -0.15) is 0 Å². The number of fused-ring (bicyclic) bond motifs is 1. The van der Waals surface area contributed by atoms with Crippen molar-refractivity contribution in [2.45, 2.75) is 26.9 Å². The van der Waals surface area contributed by atoms with E-state index in [0.717, 1.165) is 15.9 Å². The van der Waals surface area contributed by atoms with Crippen molar-refractivity contribution >= 4 is 23.2 Å². The third-order valence-electron chi connectivity index (χ3n) is 4.42. The number of carbonyl (C=O) groups is 1. The zero-order valence-electron chi connectivity index (χ0n) is 16.0. The molecule has 1 aromatic carbocycles. The third-order valence-corrected chi connectivity index (χ3v) is 4.42. The lowest BCUT2D eigenvalue weighted by Gasteiger charge is -2.10. The van der Waals surface area contributed by atoms with Gasteiger partial charge >= 0.3 is 5.69 Å². The van der Waals surface area contributed by atoms with Gasteiger partial charge < -0.3 is 15.1 Å². The third kappa shape index (κ3) is 3.88. The van der Waals surface area contributed by atoms with Crippen LogP contribution in [0, 0.1) is 13.8 Å². The fraction of sp³-hybridized carbons (Fsp3) is 0.200. The van der Waals surface area contributed by atoms with Crippen molar-refractivity contribution in [2.24, 2.45) is 0 Å². The van der Waals surface area contributed by atoms with E-state index in [0.29, 0.717) is 23.0 Å². The summed E-state index contributed by atoms with van der Waals surface area (Å²) >= 11 is 0. The molecule has 2 N–H and O–H groups in total. The van der Waals surface area contributed by atoms with Crippen LogP contribution in [0.2, 0.25) is 0 Å². The zero-order chi connectivity index (χ0) is 20.4. The molecule has 9 heteroatoms. The highest BCUT2D eigenvalue weighted by Gasteiger charge is 2.16. The molecular weight excluding hydrogens is 372 g/mol. The average Bonchev–Trinajstić information content (AvgIpc) is 3.30. The van der Waals surface area contributed by atoms with Gasteiger partial charge in [-0.05, 0) is 37.6 Å². The fourth-order valence-electron chi connectivity index (χ4n) is 2.96. The van der Waals surface area contributed by atoms with Crippen molar-refractivity contribution in [3.05, 3.63) is 76.2 Å². The maximum absolute atomic E-state index is 12.9. The molecule has 0 aliphatic rings. The molecule has 0 unspecified atom stereocenters. The van der Waals surface area contributed by atoms with Gasteiger partial charge in [-0.1, -0.05) is 18.2 Å². The number of amides is 1. The van der Waals surface area contributed by atoms with Crippen molar-refractivity contribution in [3.63, 3.8) is 0 Å². The van der Waals surface area contributed by atoms with Crippen molar-refractivity contribution < 1.29 is 9.21 Å². The summed E-state index contributed by atoms with van der Waals surface area (Å²) in [6.45, 7) is 3.83. The summed E-state index contributed by atoms with van der Waals surface area (Å²) in [7, 11) is 0. The first kappa shape index (κ1) is 18.5. The molecule has 29 heavy (non-hydrogen) atoms. The number of carbonyl (C=O) groups excluding carboxylic acids is 1. The predicted molar refractivity (Wildman–Crippen MR) is 107 cm³/mol. The largest absolute Gasteiger partial charge is 0.467 e. The monoisotopic (exact) mass is 392 g/mol. The van der Waals surface area contributed by atoms with Crippen LogP contribution in [-0.4, -0.2) is 25.1 Å². The van der Waals surface area contributed by atoms with Crippen LogP contribution in [0.15, 0.2) is 57.9 Å². The maximum atomic E-state index is 12.9.